The number of hydrogen-bond acceptors (Lipinski definition) is 3. The van der Waals surface area contributed by atoms with Crippen LogP contribution in [0.1, 0.15) is 28.9 Å². The molecule has 0 bridgehead atoms. The largest absolute Gasteiger partial charge is 0.303 e. The summed E-state index contributed by atoms with van der Waals surface area (Å²) in [4.78, 5) is 22.0. The van der Waals surface area contributed by atoms with Gasteiger partial charge in [0.25, 0.3) is 0 Å². The normalized spacial score (nSPS) is 9.67. The number of carbonyl (C=O) groups excluding carboxylic acids is 2. The second-order valence-electron chi connectivity index (χ2n) is 2.46. The van der Waals surface area contributed by atoms with Gasteiger partial charge in [-0.3, -0.25) is 4.79 Å². The second-order valence-corrected chi connectivity index (χ2v) is 3.41. The molecule has 0 atom stereocenters. The van der Waals surface area contributed by atoms with E-state index >= 15 is 0 Å². The van der Waals surface area contributed by atoms with Crippen LogP contribution in [0.25, 0.3) is 0 Å². The van der Waals surface area contributed by atoms with Crippen LogP contribution >= 0.6 is 11.3 Å². The number of carbonyl (C=O) groups is 2. The van der Waals surface area contributed by atoms with E-state index in [2.05, 4.69) is 0 Å². The van der Waals surface area contributed by atoms with E-state index in [-0.39, 0.29) is 5.78 Å². The summed E-state index contributed by atoms with van der Waals surface area (Å²) in [7, 11) is 0. The third kappa shape index (κ3) is 2.58. The molecule has 1 aromatic rings. The number of Topliss-reactive ketones (excluding diaryl/α,β-unsaturated/α-hetero) is 1. The molecular weight excluding hydrogens is 172 g/mol. The fourth-order valence-corrected chi connectivity index (χ4v) is 1.60. The van der Waals surface area contributed by atoms with E-state index in [4.69, 9.17) is 0 Å². The van der Waals surface area contributed by atoms with Crippen LogP contribution in [0, 0.1) is 0 Å². The minimum atomic E-state index is 0.145. The summed E-state index contributed by atoms with van der Waals surface area (Å²) in [5, 5.41) is 1.88. The molecule has 0 saturated heterocycles. The van der Waals surface area contributed by atoms with E-state index in [0.717, 1.165) is 11.2 Å². The molecule has 0 unspecified atom stereocenters. The molecule has 0 saturated carbocycles. The van der Waals surface area contributed by atoms with E-state index in [0.29, 0.717) is 19.3 Å². The third-order valence-corrected chi connectivity index (χ3v) is 2.43. The molecule has 0 amide bonds. The van der Waals surface area contributed by atoms with Gasteiger partial charge in [-0.2, -0.15) is 0 Å². The molecule has 12 heavy (non-hydrogen) atoms. The van der Waals surface area contributed by atoms with Gasteiger partial charge < -0.3 is 4.79 Å². The van der Waals surface area contributed by atoms with Gasteiger partial charge in [0.2, 0.25) is 0 Å². The van der Waals surface area contributed by atoms with Crippen molar-refractivity contribution in [1.82, 2.24) is 0 Å². The van der Waals surface area contributed by atoms with Gasteiger partial charge in [0, 0.05) is 12.8 Å². The lowest BCUT2D eigenvalue weighted by Crippen LogP contribution is -1.95. The molecule has 0 aromatic carbocycles. The Balaban J connectivity index is 2.34. The highest BCUT2D eigenvalue weighted by molar-refractivity contribution is 7.12. The molecule has 1 rings (SSSR count). The zero-order valence-corrected chi connectivity index (χ0v) is 7.47. The number of hydrogen-bond donors (Lipinski definition) is 0. The lowest BCUT2D eigenvalue weighted by Gasteiger charge is -1.93. The van der Waals surface area contributed by atoms with Gasteiger partial charge in [-0.05, 0) is 17.9 Å². The molecule has 1 heterocycles. The maximum Gasteiger partial charge on any atom is 0.172 e. The Morgan fingerprint density at radius 2 is 2.42 bits per heavy atom. The van der Waals surface area contributed by atoms with Crippen molar-refractivity contribution in [1.29, 1.82) is 0 Å². The average molecular weight is 182 g/mol. The van der Waals surface area contributed by atoms with Gasteiger partial charge in [-0.1, -0.05) is 6.07 Å². The Morgan fingerprint density at radius 3 is 3.00 bits per heavy atom. The van der Waals surface area contributed by atoms with Crippen molar-refractivity contribution in [3.8, 4) is 0 Å². The molecule has 1 aromatic heterocycles. The highest BCUT2D eigenvalue weighted by atomic mass is 32.1. The summed E-state index contributed by atoms with van der Waals surface area (Å²) in [5.74, 6) is 0.145. The Morgan fingerprint density at radius 1 is 1.58 bits per heavy atom. The van der Waals surface area contributed by atoms with Crippen molar-refractivity contribution in [2.45, 2.75) is 19.3 Å². The van der Waals surface area contributed by atoms with Crippen LogP contribution in [0.3, 0.4) is 0 Å². The minimum absolute atomic E-state index is 0.145. The van der Waals surface area contributed by atoms with E-state index < -0.39 is 0 Å². The van der Waals surface area contributed by atoms with Crippen LogP contribution in [0.2, 0.25) is 0 Å². The van der Waals surface area contributed by atoms with Crippen LogP contribution in [0.5, 0.6) is 0 Å². The first kappa shape index (κ1) is 9.13. The smallest absolute Gasteiger partial charge is 0.172 e. The molecule has 0 aliphatic heterocycles. The van der Waals surface area contributed by atoms with Crippen LogP contribution in [-0.4, -0.2) is 12.1 Å². The Labute approximate surface area is 75.2 Å². The number of thiophene rings is 1. The van der Waals surface area contributed by atoms with Crippen LogP contribution in [0.4, 0.5) is 0 Å². The van der Waals surface area contributed by atoms with Crippen molar-refractivity contribution in [2.24, 2.45) is 0 Å². The molecule has 0 N–H and O–H groups in total. The van der Waals surface area contributed by atoms with Crippen LogP contribution < -0.4 is 0 Å². The Bertz CT molecular complexity index is 252. The highest BCUT2D eigenvalue weighted by Crippen LogP contribution is 2.12. The van der Waals surface area contributed by atoms with Gasteiger partial charge in [-0.25, -0.2) is 0 Å². The number of ketones is 1. The first-order chi connectivity index (χ1) is 5.84. The van der Waals surface area contributed by atoms with Gasteiger partial charge in [0.15, 0.2) is 5.78 Å². The number of rotatable bonds is 5. The molecule has 64 valence electrons. The maximum atomic E-state index is 11.3. The van der Waals surface area contributed by atoms with Crippen LogP contribution in [0.15, 0.2) is 17.5 Å². The Hall–Kier alpha value is -0.960. The van der Waals surface area contributed by atoms with E-state index in [1.165, 1.54) is 11.3 Å². The van der Waals surface area contributed by atoms with E-state index in [1.807, 2.05) is 17.5 Å². The summed E-state index contributed by atoms with van der Waals surface area (Å²) in [5.41, 5.74) is 0. The summed E-state index contributed by atoms with van der Waals surface area (Å²) in [6, 6.07) is 3.67. The molecule has 0 spiro atoms. The number of aldehydes is 1. The molecule has 3 heteroatoms. The topological polar surface area (TPSA) is 34.1 Å². The fourth-order valence-electron chi connectivity index (χ4n) is 0.906. The third-order valence-electron chi connectivity index (χ3n) is 1.52. The summed E-state index contributed by atoms with van der Waals surface area (Å²) in [6.07, 6.45) is 2.48. The first-order valence-corrected chi connectivity index (χ1v) is 4.73. The second kappa shape index (κ2) is 4.83. The van der Waals surface area contributed by atoms with Gasteiger partial charge in [0.05, 0.1) is 4.88 Å². The van der Waals surface area contributed by atoms with Gasteiger partial charge >= 0.3 is 0 Å². The lowest BCUT2D eigenvalue weighted by molar-refractivity contribution is -0.107. The summed E-state index contributed by atoms with van der Waals surface area (Å²) in [6.45, 7) is 0. The van der Waals surface area contributed by atoms with Gasteiger partial charge in [-0.15, -0.1) is 11.3 Å². The van der Waals surface area contributed by atoms with Crippen LogP contribution in [-0.2, 0) is 4.79 Å². The minimum Gasteiger partial charge on any atom is -0.303 e. The molecule has 0 fully saturated rings. The fraction of sp³-hybridized carbons (Fsp3) is 0.333. The van der Waals surface area contributed by atoms with Crippen molar-refractivity contribution in [2.75, 3.05) is 0 Å². The van der Waals surface area contributed by atoms with Crippen molar-refractivity contribution in [3.05, 3.63) is 22.4 Å². The summed E-state index contributed by atoms with van der Waals surface area (Å²) < 4.78 is 0. The van der Waals surface area contributed by atoms with Crippen molar-refractivity contribution >= 4 is 23.4 Å². The Kier molecular flexibility index (Phi) is 3.67. The quantitative estimate of drug-likeness (QED) is 0.398. The average Bonchev–Trinajstić information content (AvgIpc) is 2.56. The molecular formula is C9H10O2S. The SMILES string of the molecule is O=CCCCC(=O)c1cccs1. The molecule has 0 aliphatic rings. The zero-order chi connectivity index (χ0) is 8.81. The van der Waals surface area contributed by atoms with Gasteiger partial charge in [0.1, 0.15) is 6.29 Å². The predicted molar refractivity (Wildman–Crippen MR) is 48.6 cm³/mol. The first-order valence-electron chi connectivity index (χ1n) is 3.85. The highest BCUT2D eigenvalue weighted by Gasteiger charge is 2.04. The number of unbranched alkanes of at least 4 members (excludes halogenated alkanes) is 1. The van der Waals surface area contributed by atoms with Crippen molar-refractivity contribution < 1.29 is 9.59 Å². The zero-order valence-electron chi connectivity index (χ0n) is 6.66. The predicted octanol–water partition coefficient (Wildman–Crippen LogP) is 2.30. The van der Waals surface area contributed by atoms with Crippen molar-refractivity contribution in [3.63, 3.8) is 0 Å². The maximum absolute atomic E-state index is 11.3. The molecule has 2 nitrogen and oxygen atoms in total. The molecule has 0 radical (unpaired) electrons. The standard InChI is InChI=1S/C9H10O2S/c10-6-2-1-4-8(11)9-5-3-7-12-9/h3,5-7H,1-2,4H2. The van der Waals surface area contributed by atoms with E-state index in [9.17, 15) is 9.59 Å². The lowest BCUT2D eigenvalue weighted by atomic mass is 10.1. The summed E-state index contributed by atoms with van der Waals surface area (Å²) >= 11 is 1.45. The van der Waals surface area contributed by atoms with E-state index in [1.54, 1.807) is 0 Å². The monoisotopic (exact) mass is 182 g/mol. The molecule has 0 aliphatic carbocycles.